The predicted molar refractivity (Wildman–Crippen MR) is 87.0 cm³/mol. The number of nitrogens with zero attached hydrogens (tertiary/aromatic N) is 3. The topological polar surface area (TPSA) is 66.1 Å². The second-order valence-corrected chi connectivity index (χ2v) is 5.43. The number of pyridine rings is 1. The summed E-state index contributed by atoms with van der Waals surface area (Å²) in [5, 5.41) is 4.46. The largest absolute Gasteiger partial charge is 0.468 e. The fourth-order valence-corrected chi connectivity index (χ4v) is 2.76. The van der Waals surface area contributed by atoms with Gasteiger partial charge in [-0.15, -0.1) is 0 Å². The summed E-state index contributed by atoms with van der Waals surface area (Å²) in [5.74, 6) is -0.660. The first-order chi connectivity index (χ1) is 11.9. The van der Waals surface area contributed by atoms with Gasteiger partial charge in [-0.25, -0.2) is 13.5 Å². The molecule has 0 radical (unpaired) electrons. The Kier molecular flexibility index (Phi) is 4.35. The van der Waals surface area contributed by atoms with E-state index >= 15 is 0 Å². The van der Waals surface area contributed by atoms with E-state index in [-0.39, 0.29) is 11.0 Å². The first-order valence-electron chi connectivity index (χ1n) is 7.47. The van der Waals surface area contributed by atoms with Gasteiger partial charge in [0.1, 0.15) is 12.2 Å². The third kappa shape index (κ3) is 2.90. The van der Waals surface area contributed by atoms with E-state index in [0.717, 1.165) is 10.6 Å². The minimum Gasteiger partial charge on any atom is -0.468 e. The molecule has 1 aromatic carbocycles. The van der Waals surface area contributed by atoms with Gasteiger partial charge < -0.3 is 4.74 Å². The van der Waals surface area contributed by atoms with Gasteiger partial charge in [0.05, 0.1) is 18.5 Å². The van der Waals surface area contributed by atoms with Crippen LogP contribution in [0.5, 0.6) is 0 Å². The lowest BCUT2D eigenvalue weighted by atomic mass is 10.1. The molecule has 6 nitrogen and oxygen atoms in total. The van der Waals surface area contributed by atoms with Crippen LogP contribution in [0.25, 0.3) is 16.7 Å². The number of fused-ring (bicyclic) bond motifs is 1. The monoisotopic (exact) mass is 347 g/mol. The van der Waals surface area contributed by atoms with Gasteiger partial charge in [-0.05, 0) is 19.1 Å². The Morgan fingerprint density at radius 2 is 1.96 bits per heavy atom. The first kappa shape index (κ1) is 16.8. The summed E-state index contributed by atoms with van der Waals surface area (Å²) in [6.45, 7) is 1.19. The number of para-hydroxylation sites is 1. The lowest BCUT2D eigenvalue weighted by Gasteiger charge is -2.12. The average molecular weight is 347 g/mol. The minimum atomic E-state index is -2.84. The van der Waals surface area contributed by atoms with Crippen LogP contribution in [0.1, 0.15) is 17.7 Å². The molecule has 0 aliphatic rings. The molecule has 0 saturated heterocycles. The first-order valence-corrected chi connectivity index (χ1v) is 7.47. The third-order valence-corrected chi connectivity index (χ3v) is 3.88. The van der Waals surface area contributed by atoms with Crippen LogP contribution in [-0.4, -0.2) is 27.4 Å². The highest BCUT2D eigenvalue weighted by Crippen LogP contribution is 2.30. The standard InChI is InChI=1S/C17H15F2N3O3/c1-10-15-12(16(18)19)8-13(23)21(9-14(24)25-2)17(15)22(20-10)11-6-4-3-5-7-11/h3-8,16H,9H2,1-2H3. The summed E-state index contributed by atoms with van der Waals surface area (Å²) in [4.78, 5) is 24.1. The second kappa shape index (κ2) is 6.46. The lowest BCUT2D eigenvalue weighted by molar-refractivity contribution is -0.141. The van der Waals surface area contributed by atoms with Crippen LogP contribution >= 0.6 is 0 Å². The van der Waals surface area contributed by atoms with Crippen molar-refractivity contribution < 1.29 is 18.3 Å². The molecular weight excluding hydrogens is 332 g/mol. The Labute approximate surface area is 141 Å². The lowest BCUT2D eigenvalue weighted by Crippen LogP contribution is -2.26. The van der Waals surface area contributed by atoms with Crippen molar-refractivity contribution in [1.29, 1.82) is 0 Å². The van der Waals surface area contributed by atoms with Gasteiger partial charge >= 0.3 is 5.97 Å². The zero-order chi connectivity index (χ0) is 18.1. The number of aromatic nitrogens is 3. The van der Waals surface area contributed by atoms with Crippen molar-refractivity contribution in [2.45, 2.75) is 19.9 Å². The Hall–Kier alpha value is -3.03. The SMILES string of the molecule is COC(=O)Cn1c(=O)cc(C(F)F)c2c(C)nn(-c3ccccc3)c21. The van der Waals surface area contributed by atoms with Gasteiger partial charge in [0.2, 0.25) is 0 Å². The highest BCUT2D eigenvalue weighted by Gasteiger charge is 2.23. The molecular formula is C17H15F2N3O3. The normalized spacial score (nSPS) is 11.2. The smallest absolute Gasteiger partial charge is 0.325 e. The number of rotatable bonds is 4. The fraction of sp³-hybridized carbons (Fsp3) is 0.235. The number of benzene rings is 1. The van der Waals surface area contributed by atoms with E-state index in [9.17, 15) is 18.4 Å². The Morgan fingerprint density at radius 1 is 1.28 bits per heavy atom. The van der Waals surface area contributed by atoms with Crippen molar-refractivity contribution in [3.63, 3.8) is 0 Å². The Balaban J connectivity index is 2.42. The van der Waals surface area contributed by atoms with Crippen LogP contribution in [0.3, 0.4) is 0 Å². The van der Waals surface area contributed by atoms with Crippen molar-refractivity contribution >= 4 is 17.0 Å². The van der Waals surface area contributed by atoms with Gasteiger partial charge in [0.15, 0.2) is 0 Å². The number of carbonyl (C=O) groups excluding carboxylic acids is 1. The summed E-state index contributed by atoms with van der Waals surface area (Å²) in [5.41, 5.74) is -0.0548. The molecule has 8 heteroatoms. The van der Waals surface area contributed by atoms with Crippen LogP contribution < -0.4 is 5.56 Å². The number of hydrogen-bond donors (Lipinski definition) is 0. The van der Waals surface area contributed by atoms with Crippen molar-refractivity contribution in [2.24, 2.45) is 0 Å². The molecule has 2 heterocycles. The minimum absolute atomic E-state index is 0.136. The van der Waals surface area contributed by atoms with Gasteiger partial charge in [-0.2, -0.15) is 5.10 Å². The summed E-state index contributed by atoms with van der Waals surface area (Å²) in [6.07, 6.45) is -2.84. The number of ether oxygens (including phenoxy) is 1. The highest BCUT2D eigenvalue weighted by molar-refractivity contribution is 5.85. The number of alkyl halides is 2. The summed E-state index contributed by atoms with van der Waals surface area (Å²) in [7, 11) is 1.19. The Morgan fingerprint density at radius 3 is 2.56 bits per heavy atom. The quantitative estimate of drug-likeness (QED) is 0.681. The molecule has 0 fully saturated rings. The molecule has 0 aliphatic heterocycles. The van der Waals surface area contributed by atoms with E-state index in [2.05, 4.69) is 9.84 Å². The highest BCUT2D eigenvalue weighted by atomic mass is 19.3. The molecule has 0 aliphatic carbocycles. The molecule has 3 rings (SSSR count). The number of esters is 1. The van der Waals surface area contributed by atoms with Crippen LogP contribution in [0.2, 0.25) is 0 Å². The molecule has 0 amide bonds. The van der Waals surface area contributed by atoms with Crippen molar-refractivity contribution in [2.75, 3.05) is 7.11 Å². The predicted octanol–water partition coefficient (Wildman–Crippen LogP) is 2.61. The number of halogens is 2. The van der Waals surface area contributed by atoms with E-state index in [4.69, 9.17) is 0 Å². The molecule has 0 bridgehead atoms. The molecule has 130 valence electrons. The van der Waals surface area contributed by atoms with Crippen LogP contribution in [0, 0.1) is 6.92 Å². The van der Waals surface area contributed by atoms with Crippen molar-refractivity contribution in [3.8, 4) is 5.69 Å². The van der Waals surface area contributed by atoms with Gasteiger partial charge in [-0.3, -0.25) is 14.2 Å². The maximum atomic E-state index is 13.5. The number of hydrogen-bond acceptors (Lipinski definition) is 4. The fourth-order valence-electron chi connectivity index (χ4n) is 2.76. The van der Waals surface area contributed by atoms with E-state index in [0.29, 0.717) is 11.4 Å². The zero-order valence-electron chi connectivity index (χ0n) is 13.6. The maximum absolute atomic E-state index is 13.5. The average Bonchev–Trinajstić information content (AvgIpc) is 2.95. The van der Waals surface area contributed by atoms with Gasteiger partial charge in [0.25, 0.3) is 12.0 Å². The van der Waals surface area contributed by atoms with E-state index in [1.165, 1.54) is 11.8 Å². The molecule has 25 heavy (non-hydrogen) atoms. The number of carbonyl (C=O) groups is 1. The van der Waals surface area contributed by atoms with E-state index in [1.54, 1.807) is 37.3 Å². The summed E-state index contributed by atoms with van der Waals surface area (Å²) in [6, 6.07) is 9.63. The Bertz CT molecular complexity index is 994. The summed E-state index contributed by atoms with van der Waals surface area (Å²) >= 11 is 0. The number of aryl methyl sites for hydroxylation is 1. The molecule has 0 atom stereocenters. The molecule has 0 N–H and O–H groups in total. The number of methoxy groups -OCH3 is 1. The molecule has 0 unspecified atom stereocenters. The summed E-state index contributed by atoms with van der Waals surface area (Å²) < 4.78 is 34.0. The van der Waals surface area contributed by atoms with Crippen LogP contribution in [-0.2, 0) is 16.1 Å². The van der Waals surface area contributed by atoms with Crippen LogP contribution in [0.4, 0.5) is 8.78 Å². The van der Waals surface area contributed by atoms with Crippen molar-refractivity contribution in [3.05, 3.63) is 58.0 Å². The zero-order valence-corrected chi connectivity index (χ0v) is 13.6. The van der Waals surface area contributed by atoms with Crippen molar-refractivity contribution in [1.82, 2.24) is 14.3 Å². The van der Waals surface area contributed by atoms with E-state index in [1.807, 2.05) is 0 Å². The van der Waals surface area contributed by atoms with Crippen LogP contribution in [0.15, 0.2) is 41.2 Å². The van der Waals surface area contributed by atoms with Gasteiger partial charge in [0, 0.05) is 17.0 Å². The van der Waals surface area contributed by atoms with Gasteiger partial charge in [-0.1, -0.05) is 18.2 Å². The van der Waals surface area contributed by atoms with E-state index < -0.39 is 30.1 Å². The molecule has 2 aromatic heterocycles. The molecule has 0 saturated carbocycles. The molecule has 0 spiro atoms. The second-order valence-electron chi connectivity index (χ2n) is 5.43. The maximum Gasteiger partial charge on any atom is 0.325 e. The third-order valence-electron chi connectivity index (χ3n) is 3.88. The molecule has 3 aromatic rings.